The van der Waals surface area contributed by atoms with Gasteiger partial charge in [-0.2, -0.15) is 0 Å². The van der Waals surface area contributed by atoms with E-state index in [0.29, 0.717) is 6.61 Å². The van der Waals surface area contributed by atoms with E-state index in [2.05, 4.69) is 15.9 Å². The van der Waals surface area contributed by atoms with Gasteiger partial charge < -0.3 is 9.84 Å². The smallest absolute Gasteiger partial charge is 0.329 e. The Morgan fingerprint density at radius 1 is 1.36 bits per heavy atom. The Kier molecular flexibility index (Phi) is 4.62. The van der Waals surface area contributed by atoms with Crippen LogP contribution in [0.15, 0.2) is 28.7 Å². The van der Waals surface area contributed by atoms with E-state index in [9.17, 15) is 4.79 Å². The summed E-state index contributed by atoms with van der Waals surface area (Å²) >= 11 is 3.34. The number of benzene rings is 1. The monoisotopic (exact) mass is 258 g/mol. The highest BCUT2D eigenvalue weighted by Gasteiger charge is 1.97. The van der Waals surface area contributed by atoms with Gasteiger partial charge in [0.25, 0.3) is 0 Å². The molecule has 1 aromatic carbocycles. The lowest BCUT2D eigenvalue weighted by Crippen LogP contribution is -2.08. The normalized spacial score (nSPS) is 10.1. The van der Waals surface area contributed by atoms with Gasteiger partial charge in [-0.25, -0.2) is 4.79 Å². The Balaban J connectivity index is 2.25. The Labute approximate surface area is 90.8 Å². The van der Waals surface area contributed by atoms with Gasteiger partial charge >= 0.3 is 5.97 Å². The van der Waals surface area contributed by atoms with Crippen molar-refractivity contribution in [2.24, 2.45) is 0 Å². The molecule has 76 valence electrons. The van der Waals surface area contributed by atoms with E-state index in [1.807, 2.05) is 24.3 Å². The first kappa shape index (κ1) is 11.2. The van der Waals surface area contributed by atoms with E-state index in [0.717, 1.165) is 16.5 Å². The van der Waals surface area contributed by atoms with Gasteiger partial charge in [0.2, 0.25) is 0 Å². The molecule has 0 heterocycles. The fraction of sp³-hybridized carbons (Fsp3) is 0.300. The molecule has 0 amide bonds. The lowest BCUT2D eigenvalue weighted by Gasteiger charge is -2.01. The largest absolute Gasteiger partial charge is 0.480 e. The predicted octanol–water partition coefficient (Wildman–Crippen LogP) is 2.09. The number of hydrogen-bond donors (Lipinski definition) is 1. The number of hydrogen-bond acceptors (Lipinski definition) is 2. The summed E-state index contributed by atoms with van der Waals surface area (Å²) in [7, 11) is 0. The maximum Gasteiger partial charge on any atom is 0.329 e. The van der Waals surface area contributed by atoms with Crippen molar-refractivity contribution >= 4 is 21.9 Å². The molecule has 1 N–H and O–H groups in total. The lowest BCUT2D eigenvalue weighted by molar-refractivity contribution is -0.142. The number of carboxylic acids is 1. The van der Waals surface area contributed by atoms with Crippen molar-refractivity contribution < 1.29 is 14.6 Å². The molecule has 0 atom stereocenters. The van der Waals surface area contributed by atoms with Gasteiger partial charge in [-0.3, -0.25) is 0 Å². The second-order valence-corrected chi connectivity index (χ2v) is 3.74. The predicted molar refractivity (Wildman–Crippen MR) is 56.3 cm³/mol. The molecule has 14 heavy (non-hydrogen) atoms. The van der Waals surface area contributed by atoms with Gasteiger partial charge in [-0.15, -0.1) is 0 Å². The molecule has 0 fully saturated rings. The van der Waals surface area contributed by atoms with Crippen LogP contribution in [-0.2, 0) is 16.0 Å². The van der Waals surface area contributed by atoms with E-state index in [1.54, 1.807) is 0 Å². The van der Waals surface area contributed by atoms with E-state index >= 15 is 0 Å². The van der Waals surface area contributed by atoms with Crippen LogP contribution >= 0.6 is 15.9 Å². The molecule has 0 saturated heterocycles. The zero-order valence-electron chi connectivity index (χ0n) is 7.57. The minimum absolute atomic E-state index is 0.226. The van der Waals surface area contributed by atoms with Crippen LogP contribution in [-0.4, -0.2) is 24.3 Å². The Morgan fingerprint density at radius 2 is 2.00 bits per heavy atom. The van der Waals surface area contributed by atoms with E-state index in [1.165, 1.54) is 0 Å². The van der Waals surface area contributed by atoms with Crippen molar-refractivity contribution in [1.29, 1.82) is 0 Å². The van der Waals surface area contributed by atoms with Gasteiger partial charge in [-0.05, 0) is 24.1 Å². The highest BCUT2D eigenvalue weighted by atomic mass is 79.9. The molecule has 0 saturated carbocycles. The van der Waals surface area contributed by atoms with Gasteiger partial charge in [-0.1, -0.05) is 28.1 Å². The van der Waals surface area contributed by atoms with Crippen LogP contribution in [0.5, 0.6) is 0 Å². The second kappa shape index (κ2) is 5.78. The Morgan fingerprint density at radius 3 is 2.57 bits per heavy atom. The molecule has 0 aliphatic carbocycles. The van der Waals surface area contributed by atoms with Gasteiger partial charge in [0.15, 0.2) is 0 Å². The molecule has 1 rings (SSSR count). The second-order valence-electron chi connectivity index (χ2n) is 2.82. The standard InChI is InChI=1S/C10H11BrO3/c11-9-3-1-8(2-4-9)5-6-14-7-10(12)13/h1-4H,5-7H2,(H,12,13). The zero-order chi connectivity index (χ0) is 10.4. The van der Waals surface area contributed by atoms with Crippen molar-refractivity contribution in [3.63, 3.8) is 0 Å². The molecule has 0 aliphatic rings. The van der Waals surface area contributed by atoms with Crippen LogP contribution in [0.25, 0.3) is 0 Å². The highest BCUT2D eigenvalue weighted by Crippen LogP contribution is 2.10. The quantitative estimate of drug-likeness (QED) is 0.823. The van der Waals surface area contributed by atoms with Gasteiger partial charge in [0, 0.05) is 4.47 Å². The molecule has 0 spiro atoms. The molecule has 4 heteroatoms. The molecule has 0 unspecified atom stereocenters. The number of rotatable bonds is 5. The topological polar surface area (TPSA) is 46.5 Å². The first-order chi connectivity index (χ1) is 6.68. The van der Waals surface area contributed by atoms with E-state index in [-0.39, 0.29) is 6.61 Å². The fourth-order valence-corrected chi connectivity index (χ4v) is 1.26. The molecule has 0 aromatic heterocycles. The molecular weight excluding hydrogens is 248 g/mol. The van der Waals surface area contributed by atoms with Crippen molar-refractivity contribution in [2.45, 2.75) is 6.42 Å². The summed E-state index contributed by atoms with van der Waals surface area (Å²) in [6.07, 6.45) is 0.737. The summed E-state index contributed by atoms with van der Waals surface area (Å²) in [6.45, 7) is 0.213. The molecule has 0 aliphatic heterocycles. The van der Waals surface area contributed by atoms with Crippen LogP contribution in [0.4, 0.5) is 0 Å². The van der Waals surface area contributed by atoms with Crippen molar-refractivity contribution in [3.05, 3.63) is 34.3 Å². The summed E-state index contributed by atoms with van der Waals surface area (Å²) in [5.41, 5.74) is 1.14. The third-order valence-electron chi connectivity index (χ3n) is 1.67. The van der Waals surface area contributed by atoms with Gasteiger partial charge in [0.05, 0.1) is 6.61 Å². The van der Waals surface area contributed by atoms with Crippen LogP contribution in [0, 0.1) is 0 Å². The highest BCUT2D eigenvalue weighted by molar-refractivity contribution is 9.10. The summed E-state index contributed by atoms with van der Waals surface area (Å²) < 4.78 is 5.95. The summed E-state index contributed by atoms with van der Waals surface area (Å²) in [6, 6.07) is 7.86. The van der Waals surface area contributed by atoms with Crippen LogP contribution in [0.2, 0.25) is 0 Å². The van der Waals surface area contributed by atoms with Crippen molar-refractivity contribution in [3.8, 4) is 0 Å². The average molecular weight is 259 g/mol. The number of carboxylic acid groups (broad SMARTS) is 1. The molecular formula is C10H11BrO3. The summed E-state index contributed by atoms with van der Waals surface area (Å²) in [4.78, 5) is 10.1. The first-order valence-electron chi connectivity index (χ1n) is 4.22. The molecule has 3 nitrogen and oxygen atoms in total. The maximum atomic E-state index is 10.1. The number of ether oxygens (including phenoxy) is 1. The van der Waals surface area contributed by atoms with Crippen LogP contribution < -0.4 is 0 Å². The SMILES string of the molecule is O=C(O)COCCc1ccc(Br)cc1. The fourth-order valence-electron chi connectivity index (χ4n) is 1.00. The third-order valence-corrected chi connectivity index (χ3v) is 2.20. The number of halogens is 1. The minimum Gasteiger partial charge on any atom is -0.480 e. The number of aliphatic carboxylic acids is 1. The van der Waals surface area contributed by atoms with E-state index in [4.69, 9.17) is 9.84 Å². The maximum absolute atomic E-state index is 10.1. The lowest BCUT2D eigenvalue weighted by atomic mass is 10.2. The molecule has 0 bridgehead atoms. The van der Waals surface area contributed by atoms with Gasteiger partial charge in [0.1, 0.15) is 6.61 Å². The first-order valence-corrected chi connectivity index (χ1v) is 5.02. The number of carbonyl (C=O) groups is 1. The van der Waals surface area contributed by atoms with E-state index < -0.39 is 5.97 Å². The Hall–Kier alpha value is -0.870. The van der Waals surface area contributed by atoms with Crippen LogP contribution in [0.3, 0.4) is 0 Å². The van der Waals surface area contributed by atoms with Crippen molar-refractivity contribution in [1.82, 2.24) is 0 Å². The summed E-state index contributed by atoms with van der Waals surface area (Å²) in [5.74, 6) is -0.930. The minimum atomic E-state index is -0.930. The summed E-state index contributed by atoms with van der Waals surface area (Å²) in [5, 5.41) is 8.32. The average Bonchev–Trinajstić information content (AvgIpc) is 2.15. The zero-order valence-corrected chi connectivity index (χ0v) is 9.16. The van der Waals surface area contributed by atoms with Crippen LogP contribution in [0.1, 0.15) is 5.56 Å². The third kappa shape index (κ3) is 4.39. The Bertz CT molecular complexity index is 295. The molecule has 0 radical (unpaired) electrons. The van der Waals surface area contributed by atoms with Crippen molar-refractivity contribution in [2.75, 3.05) is 13.2 Å². The molecule has 1 aromatic rings.